The van der Waals surface area contributed by atoms with Gasteiger partial charge in [0.25, 0.3) is 0 Å². The van der Waals surface area contributed by atoms with Gasteiger partial charge < -0.3 is 15.0 Å². The van der Waals surface area contributed by atoms with E-state index in [9.17, 15) is 9.59 Å². The minimum absolute atomic E-state index is 0.0578. The van der Waals surface area contributed by atoms with E-state index < -0.39 is 0 Å². The van der Waals surface area contributed by atoms with E-state index in [1.807, 2.05) is 38.1 Å². The number of carbonyl (C=O) groups is 2. The van der Waals surface area contributed by atoms with Crippen LogP contribution in [-0.2, 0) is 16.1 Å². The Hall–Kier alpha value is -2.04. The van der Waals surface area contributed by atoms with Gasteiger partial charge in [0.1, 0.15) is 5.75 Å². The fourth-order valence-corrected chi connectivity index (χ4v) is 2.58. The van der Waals surface area contributed by atoms with Crippen molar-refractivity contribution in [2.45, 2.75) is 32.9 Å². The number of hydrogen-bond acceptors (Lipinski definition) is 3. The topological polar surface area (TPSA) is 58.6 Å². The fourth-order valence-electron chi connectivity index (χ4n) is 2.58. The summed E-state index contributed by atoms with van der Waals surface area (Å²) in [5, 5.41) is 2.90. The molecule has 1 atom stereocenters. The molecule has 1 aliphatic heterocycles. The molecule has 1 aromatic rings. The van der Waals surface area contributed by atoms with Crippen molar-refractivity contribution in [3.63, 3.8) is 0 Å². The van der Waals surface area contributed by atoms with Crippen LogP contribution in [0.3, 0.4) is 0 Å². The molecular weight excluding hydrogens is 268 g/mol. The van der Waals surface area contributed by atoms with E-state index in [1.165, 1.54) is 0 Å². The second-order valence-electron chi connectivity index (χ2n) is 5.57. The molecule has 1 heterocycles. The third-order valence-corrected chi connectivity index (χ3v) is 3.80. The van der Waals surface area contributed by atoms with Crippen LogP contribution in [0.5, 0.6) is 5.75 Å². The third-order valence-electron chi connectivity index (χ3n) is 3.80. The SMILES string of the molecule is COc1ccccc1CNC(=O)[C@@H]1CC(=O)N(C(C)C)C1. The Morgan fingerprint density at radius 3 is 2.76 bits per heavy atom. The maximum atomic E-state index is 12.2. The lowest BCUT2D eigenvalue weighted by Gasteiger charge is -2.20. The molecule has 1 fully saturated rings. The van der Waals surface area contributed by atoms with Crippen LogP contribution in [0.25, 0.3) is 0 Å². The predicted molar refractivity (Wildman–Crippen MR) is 79.8 cm³/mol. The standard InChI is InChI=1S/C16H22N2O3/c1-11(2)18-10-13(8-15(18)19)16(20)17-9-12-6-4-5-7-14(12)21-3/h4-7,11,13H,8-10H2,1-3H3,(H,17,20)/t13-/m1/s1. The molecule has 0 radical (unpaired) electrons. The van der Waals surface area contributed by atoms with Crippen molar-refractivity contribution < 1.29 is 14.3 Å². The van der Waals surface area contributed by atoms with Crippen LogP contribution < -0.4 is 10.1 Å². The summed E-state index contributed by atoms with van der Waals surface area (Å²) < 4.78 is 5.26. The quantitative estimate of drug-likeness (QED) is 0.895. The number of para-hydroxylation sites is 1. The van der Waals surface area contributed by atoms with Gasteiger partial charge in [0, 0.05) is 31.1 Å². The van der Waals surface area contributed by atoms with Gasteiger partial charge in [-0.1, -0.05) is 18.2 Å². The lowest BCUT2D eigenvalue weighted by Crippen LogP contribution is -2.35. The first-order valence-corrected chi connectivity index (χ1v) is 7.22. The van der Waals surface area contributed by atoms with Crippen LogP contribution in [0, 0.1) is 5.92 Å². The number of benzene rings is 1. The molecule has 21 heavy (non-hydrogen) atoms. The normalized spacial score (nSPS) is 18.2. The number of amides is 2. The number of nitrogens with one attached hydrogen (secondary N) is 1. The second kappa shape index (κ2) is 6.61. The molecule has 1 aliphatic rings. The zero-order valence-electron chi connectivity index (χ0n) is 12.8. The molecule has 0 saturated carbocycles. The molecule has 2 amide bonds. The zero-order valence-corrected chi connectivity index (χ0v) is 12.8. The summed E-state index contributed by atoms with van der Waals surface area (Å²) in [6.07, 6.45) is 0.302. The lowest BCUT2D eigenvalue weighted by molar-refractivity contribution is -0.130. The minimum Gasteiger partial charge on any atom is -0.496 e. The van der Waals surface area contributed by atoms with Crippen molar-refractivity contribution in [2.75, 3.05) is 13.7 Å². The summed E-state index contributed by atoms with van der Waals surface area (Å²) in [6, 6.07) is 7.72. The molecule has 0 bridgehead atoms. The van der Waals surface area contributed by atoms with Gasteiger partial charge in [0.15, 0.2) is 0 Å². The maximum Gasteiger partial charge on any atom is 0.225 e. The molecule has 1 N–H and O–H groups in total. The molecule has 0 unspecified atom stereocenters. The summed E-state index contributed by atoms with van der Waals surface area (Å²) in [7, 11) is 1.61. The van der Waals surface area contributed by atoms with Gasteiger partial charge in [-0.25, -0.2) is 0 Å². The number of methoxy groups -OCH3 is 1. The highest BCUT2D eigenvalue weighted by atomic mass is 16.5. The van der Waals surface area contributed by atoms with Gasteiger partial charge in [-0.15, -0.1) is 0 Å². The molecule has 0 aliphatic carbocycles. The molecule has 1 saturated heterocycles. The summed E-state index contributed by atoms with van der Waals surface area (Å²) in [5.74, 6) is 0.485. The van der Waals surface area contributed by atoms with Crippen LogP contribution in [0.4, 0.5) is 0 Å². The number of carbonyl (C=O) groups excluding carboxylic acids is 2. The third kappa shape index (κ3) is 3.54. The Balaban J connectivity index is 1.92. The predicted octanol–water partition coefficient (Wildman–Crippen LogP) is 1.57. The fraction of sp³-hybridized carbons (Fsp3) is 0.500. The first kappa shape index (κ1) is 15.4. The number of likely N-dealkylation sites (tertiary alicyclic amines) is 1. The molecule has 1 aromatic carbocycles. The van der Waals surface area contributed by atoms with Gasteiger partial charge in [0.05, 0.1) is 13.0 Å². The van der Waals surface area contributed by atoms with Crippen molar-refractivity contribution in [2.24, 2.45) is 5.92 Å². The molecule has 2 rings (SSSR count). The summed E-state index contributed by atoms with van der Waals surface area (Å²) in [5.41, 5.74) is 0.929. The monoisotopic (exact) mass is 290 g/mol. The summed E-state index contributed by atoms with van der Waals surface area (Å²) >= 11 is 0. The van der Waals surface area contributed by atoms with Crippen molar-refractivity contribution in [3.8, 4) is 5.75 Å². The molecule has 5 heteroatoms. The molecule has 0 spiro atoms. The first-order valence-electron chi connectivity index (χ1n) is 7.22. The zero-order chi connectivity index (χ0) is 15.4. The van der Waals surface area contributed by atoms with E-state index >= 15 is 0 Å². The number of ether oxygens (including phenoxy) is 1. The smallest absolute Gasteiger partial charge is 0.225 e. The average Bonchev–Trinajstić information content (AvgIpc) is 2.87. The maximum absolute atomic E-state index is 12.2. The van der Waals surface area contributed by atoms with E-state index in [0.717, 1.165) is 11.3 Å². The molecule has 114 valence electrons. The highest BCUT2D eigenvalue weighted by Crippen LogP contribution is 2.21. The van der Waals surface area contributed by atoms with Crippen molar-refractivity contribution in [1.29, 1.82) is 0 Å². The van der Waals surface area contributed by atoms with Crippen LogP contribution in [0.15, 0.2) is 24.3 Å². The van der Waals surface area contributed by atoms with Gasteiger partial charge in [0.2, 0.25) is 11.8 Å². The molecule has 0 aromatic heterocycles. The van der Waals surface area contributed by atoms with Crippen LogP contribution in [0.2, 0.25) is 0 Å². The first-order chi connectivity index (χ1) is 10.0. The Labute approximate surface area is 125 Å². The number of rotatable bonds is 5. The van der Waals surface area contributed by atoms with Gasteiger partial charge in [-0.2, -0.15) is 0 Å². The van der Waals surface area contributed by atoms with Crippen molar-refractivity contribution >= 4 is 11.8 Å². The summed E-state index contributed by atoms with van der Waals surface area (Å²) in [4.78, 5) is 25.8. The van der Waals surface area contributed by atoms with Gasteiger partial charge in [-0.3, -0.25) is 9.59 Å². The Bertz CT molecular complexity index is 528. The molecular formula is C16H22N2O3. The Morgan fingerprint density at radius 2 is 2.14 bits per heavy atom. The number of nitrogens with zero attached hydrogens (tertiary/aromatic N) is 1. The van der Waals surface area contributed by atoms with Crippen LogP contribution in [-0.4, -0.2) is 36.4 Å². The van der Waals surface area contributed by atoms with E-state index in [4.69, 9.17) is 4.74 Å². The Morgan fingerprint density at radius 1 is 1.43 bits per heavy atom. The van der Waals surface area contributed by atoms with Crippen molar-refractivity contribution in [1.82, 2.24) is 10.2 Å². The molecule has 5 nitrogen and oxygen atoms in total. The van der Waals surface area contributed by atoms with E-state index in [0.29, 0.717) is 19.5 Å². The number of hydrogen-bond donors (Lipinski definition) is 1. The Kier molecular flexibility index (Phi) is 4.83. The van der Waals surface area contributed by atoms with E-state index in [2.05, 4.69) is 5.32 Å². The highest BCUT2D eigenvalue weighted by Gasteiger charge is 2.35. The average molecular weight is 290 g/mol. The largest absolute Gasteiger partial charge is 0.496 e. The minimum atomic E-state index is -0.255. The van der Waals surface area contributed by atoms with Crippen molar-refractivity contribution in [3.05, 3.63) is 29.8 Å². The summed E-state index contributed by atoms with van der Waals surface area (Å²) in [6.45, 7) is 4.85. The van der Waals surface area contributed by atoms with Gasteiger partial charge >= 0.3 is 0 Å². The van der Waals surface area contributed by atoms with Crippen LogP contribution in [0.1, 0.15) is 25.8 Å². The highest BCUT2D eigenvalue weighted by molar-refractivity contribution is 5.89. The lowest BCUT2D eigenvalue weighted by atomic mass is 10.1. The van der Waals surface area contributed by atoms with Crippen LogP contribution >= 0.6 is 0 Å². The van der Waals surface area contributed by atoms with E-state index in [-0.39, 0.29) is 23.8 Å². The van der Waals surface area contributed by atoms with E-state index in [1.54, 1.807) is 12.0 Å². The van der Waals surface area contributed by atoms with Gasteiger partial charge in [-0.05, 0) is 19.9 Å². The second-order valence-corrected chi connectivity index (χ2v) is 5.57.